The molecule has 0 aliphatic carbocycles. The number of rotatable bonds is 8. The SMILES string of the molecule is Cc1ccc(C(=O)NCC[C@@H](C(=O)OCc2ccccc2)C(=O)OC(C)(C)C)cc1. The average molecular weight is 411 g/mol. The zero-order chi connectivity index (χ0) is 22.1. The second-order valence-corrected chi connectivity index (χ2v) is 8.09. The molecule has 0 saturated carbocycles. The molecular weight excluding hydrogens is 382 g/mol. The molecule has 30 heavy (non-hydrogen) atoms. The summed E-state index contributed by atoms with van der Waals surface area (Å²) in [5.41, 5.74) is 1.65. The van der Waals surface area contributed by atoms with Crippen LogP contribution in [0.3, 0.4) is 0 Å². The van der Waals surface area contributed by atoms with Crippen LogP contribution in [0.4, 0.5) is 0 Å². The van der Waals surface area contributed by atoms with Crippen molar-refractivity contribution in [3.05, 3.63) is 71.3 Å². The summed E-state index contributed by atoms with van der Waals surface area (Å²) in [7, 11) is 0. The lowest BCUT2D eigenvalue weighted by Crippen LogP contribution is -2.36. The van der Waals surface area contributed by atoms with Crippen LogP contribution in [-0.2, 0) is 25.7 Å². The third kappa shape index (κ3) is 7.70. The molecule has 0 heterocycles. The van der Waals surface area contributed by atoms with Crippen molar-refractivity contribution >= 4 is 17.8 Å². The van der Waals surface area contributed by atoms with Gasteiger partial charge in [-0.3, -0.25) is 14.4 Å². The van der Waals surface area contributed by atoms with Crippen LogP contribution in [0.1, 0.15) is 48.7 Å². The number of carbonyl (C=O) groups is 3. The first kappa shape index (κ1) is 23.1. The molecular formula is C24H29NO5. The maximum Gasteiger partial charge on any atom is 0.320 e. The lowest BCUT2D eigenvalue weighted by Gasteiger charge is -2.23. The molecule has 0 radical (unpaired) electrons. The van der Waals surface area contributed by atoms with Gasteiger partial charge in [0.2, 0.25) is 0 Å². The van der Waals surface area contributed by atoms with Crippen LogP contribution in [-0.4, -0.2) is 30.0 Å². The first-order valence-corrected chi connectivity index (χ1v) is 9.94. The highest BCUT2D eigenvalue weighted by Crippen LogP contribution is 2.16. The molecule has 0 saturated heterocycles. The fourth-order valence-corrected chi connectivity index (χ4v) is 2.67. The van der Waals surface area contributed by atoms with E-state index in [2.05, 4.69) is 5.32 Å². The summed E-state index contributed by atoms with van der Waals surface area (Å²) in [6.45, 7) is 7.34. The average Bonchev–Trinajstić information content (AvgIpc) is 2.69. The molecule has 0 aromatic heterocycles. The number of esters is 2. The molecule has 6 heteroatoms. The topological polar surface area (TPSA) is 81.7 Å². The zero-order valence-corrected chi connectivity index (χ0v) is 17.9. The van der Waals surface area contributed by atoms with Gasteiger partial charge in [0.25, 0.3) is 5.91 Å². The van der Waals surface area contributed by atoms with Crippen LogP contribution >= 0.6 is 0 Å². The van der Waals surface area contributed by atoms with E-state index in [9.17, 15) is 14.4 Å². The normalized spacial score (nSPS) is 12.0. The van der Waals surface area contributed by atoms with Crippen molar-refractivity contribution in [1.82, 2.24) is 5.32 Å². The first-order valence-electron chi connectivity index (χ1n) is 9.94. The number of hydrogen-bond acceptors (Lipinski definition) is 5. The number of hydrogen-bond donors (Lipinski definition) is 1. The van der Waals surface area contributed by atoms with Gasteiger partial charge < -0.3 is 14.8 Å². The maximum absolute atomic E-state index is 12.6. The van der Waals surface area contributed by atoms with Crippen LogP contribution in [0.15, 0.2) is 54.6 Å². The Morgan fingerprint density at radius 3 is 2.17 bits per heavy atom. The van der Waals surface area contributed by atoms with E-state index in [0.29, 0.717) is 5.56 Å². The Morgan fingerprint density at radius 1 is 0.933 bits per heavy atom. The van der Waals surface area contributed by atoms with Gasteiger partial charge in [-0.2, -0.15) is 0 Å². The molecule has 0 spiro atoms. The van der Waals surface area contributed by atoms with Crippen molar-refractivity contribution in [1.29, 1.82) is 0 Å². The Hall–Kier alpha value is -3.15. The third-order valence-electron chi connectivity index (χ3n) is 4.23. The molecule has 1 amide bonds. The van der Waals surface area contributed by atoms with Gasteiger partial charge in [0, 0.05) is 12.1 Å². The van der Waals surface area contributed by atoms with E-state index < -0.39 is 23.5 Å². The van der Waals surface area contributed by atoms with Crippen LogP contribution in [0, 0.1) is 12.8 Å². The molecule has 0 aliphatic heterocycles. The number of benzene rings is 2. The van der Waals surface area contributed by atoms with Crippen LogP contribution in [0.2, 0.25) is 0 Å². The summed E-state index contributed by atoms with van der Waals surface area (Å²) in [4.78, 5) is 37.4. The van der Waals surface area contributed by atoms with Crippen LogP contribution in [0.25, 0.3) is 0 Å². The smallest absolute Gasteiger partial charge is 0.320 e. The van der Waals surface area contributed by atoms with E-state index in [-0.39, 0.29) is 25.5 Å². The Labute approximate surface area is 177 Å². The van der Waals surface area contributed by atoms with Gasteiger partial charge in [0.1, 0.15) is 12.2 Å². The van der Waals surface area contributed by atoms with Crippen molar-refractivity contribution in [3.63, 3.8) is 0 Å². The quantitative estimate of drug-likeness (QED) is 0.528. The molecule has 160 valence electrons. The van der Waals surface area contributed by atoms with E-state index in [1.54, 1.807) is 32.9 Å². The molecule has 0 bridgehead atoms. The number of ether oxygens (including phenoxy) is 2. The monoisotopic (exact) mass is 411 g/mol. The Bertz CT molecular complexity index is 853. The van der Waals surface area contributed by atoms with E-state index in [1.165, 1.54) is 0 Å². The summed E-state index contributed by atoms with van der Waals surface area (Å²) in [5.74, 6) is -2.72. The second kappa shape index (κ2) is 10.6. The first-order chi connectivity index (χ1) is 14.2. The van der Waals surface area contributed by atoms with E-state index in [1.807, 2.05) is 49.4 Å². The molecule has 1 atom stereocenters. The van der Waals surface area contributed by atoms with Crippen molar-refractivity contribution < 1.29 is 23.9 Å². The number of nitrogens with one attached hydrogen (secondary N) is 1. The fraction of sp³-hybridized carbons (Fsp3) is 0.375. The van der Waals surface area contributed by atoms with Crippen molar-refractivity contribution in [3.8, 4) is 0 Å². The third-order valence-corrected chi connectivity index (χ3v) is 4.23. The van der Waals surface area contributed by atoms with E-state index >= 15 is 0 Å². The summed E-state index contributed by atoms with van der Waals surface area (Å²) in [6, 6.07) is 16.4. The predicted molar refractivity (Wildman–Crippen MR) is 114 cm³/mol. The minimum absolute atomic E-state index is 0.0642. The highest BCUT2D eigenvalue weighted by Gasteiger charge is 2.32. The Balaban J connectivity index is 1.97. The summed E-state index contributed by atoms with van der Waals surface area (Å²) < 4.78 is 10.7. The molecule has 6 nitrogen and oxygen atoms in total. The second-order valence-electron chi connectivity index (χ2n) is 8.09. The minimum atomic E-state index is -1.12. The summed E-state index contributed by atoms with van der Waals surface area (Å²) in [5, 5.41) is 2.74. The summed E-state index contributed by atoms with van der Waals surface area (Å²) >= 11 is 0. The standard InChI is InChI=1S/C24H29NO5/c1-17-10-12-19(13-11-17)21(26)25-15-14-20(23(28)30-24(2,3)4)22(27)29-16-18-8-6-5-7-9-18/h5-13,20H,14-16H2,1-4H3,(H,25,26)/t20-/m0/s1. The number of carbonyl (C=O) groups excluding carboxylic acids is 3. The lowest BCUT2D eigenvalue weighted by molar-refractivity contribution is -0.170. The predicted octanol–water partition coefficient (Wildman–Crippen LogP) is 3.82. The van der Waals surface area contributed by atoms with Crippen molar-refractivity contribution in [2.24, 2.45) is 5.92 Å². The van der Waals surface area contributed by atoms with Gasteiger partial charge in [0.05, 0.1) is 0 Å². The molecule has 0 fully saturated rings. The number of amides is 1. The van der Waals surface area contributed by atoms with Crippen molar-refractivity contribution in [2.75, 3.05) is 6.54 Å². The Kier molecular flexibility index (Phi) is 8.16. The molecule has 2 aromatic carbocycles. The van der Waals surface area contributed by atoms with Gasteiger partial charge >= 0.3 is 11.9 Å². The van der Waals surface area contributed by atoms with Gasteiger partial charge in [-0.05, 0) is 51.8 Å². The summed E-state index contributed by atoms with van der Waals surface area (Å²) in [6.07, 6.45) is 0.0835. The largest absolute Gasteiger partial charge is 0.460 e. The molecule has 0 unspecified atom stereocenters. The van der Waals surface area contributed by atoms with Crippen molar-refractivity contribution in [2.45, 2.75) is 46.3 Å². The van der Waals surface area contributed by atoms with Gasteiger partial charge in [-0.1, -0.05) is 48.0 Å². The highest BCUT2D eigenvalue weighted by molar-refractivity contribution is 5.96. The van der Waals surface area contributed by atoms with Gasteiger partial charge in [-0.25, -0.2) is 0 Å². The fourth-order valence-electron chi connectivity index (χ4n) is 2.67. The van der Waals surface area contributed by atoms with Gasteiger partial charge in [-0.15, -0.1) is 0 Å². The Morgan fingerprint density at radius 2 is 1.57 bits per heavy atom. The highest BCUT2D eigenvalue weighted by atomic mass is 16.6. The lowest BCUT2D eigenvalue weighted by atomic mass is 10.0. The molecule has 0 aliphatic rings. The van der Waals surface area contributed by atoms with E-state index in [4.69, 9.17) is 9.47 Å². The van der Waals surface area contributed by atoms with E-state index in [0.717, 1.165) is 11.1 Å². The maximum atomic E-state index is 12.6. The molecule has 1 N–H and O–H groups in total. The van der Waals surface area contributed by atoms with Crippen LogP contribution < -0.4 is 5.32 Å². The zero-order valence-electron chi connectivity index (χ0n) is 17.9. The molecule has 2 rings (SSSR count). The van der Waals surface area contributed by atoms with Crippen LogP contribution in [0.5, 0.6) is 0 Å². The van der Waals surface area contributed by atoms with Gasteiger partial charge in [0.15, 0.2) is 5.92 Å². The molecule has 2 aromatic rings. The number of aryl methyl sites for hydroxylation is 1. The minimum Gasteiger partial charge on any atom is -0.460 e.